The summed E-state index contributed by atoms with van der Waals surface area (Å²) >= 11 is 9.67. The van der Waals surface area contributed by atoms with E-state index in [1.165, 1.54) is 0 Å². The fourth-order valence-electron chi connectivity index (χ4n) is 2.19. The number of fused-ring (bicyclic) bond motifs is 1. The number of pyridine rings is 1. The van der Waals surface area contributed by atoms with E-state index in [2.05, 4.69) is 32.0 Å². The Hall–Kier alpha value is -1.90. The SMILES string of the molecule is Cc1nc2ccc(C#N)nc2n1Cc1ccc(Br)cc1Cl. The van der Waals surface area contributed by atoms with Gasteiger partial charge in [-0.1, -0.05) is 33.6 Å². The van der Waals surface area contributed by atoms with E-state index in [0.29, 0.717) is 22.9 Å². The average Bonchev–Trinajstić information content (AvgIpc) is 2.77. The van der Waals surface area contributed by atoms with E-state index >= 15 is 0 Å². The van der Waals surface area contributed by atoms with E-state index < -0.39 is 0 Å². The molecule has 0 unspecified atom stereocenters. The van der Waals surface area contributed by atoms with Gasteiger partial charge in [-0.05, 0) is 36.8 Å². The summed E-state index contributed by atoms with van der Waals surface area (Å²) in [4.78, 5) is 8.82. The quantitative estimate of drug-likeness (QED) is 0.691. The van der Waals surface area contributed by atoms with Crippen LogP contribution < -0.4 is 0 Å². The summed E-state index contributed by atoms with van der Waals surface area (Å²) < 4.78 is 2.90. The summed E-state index contributed by atoms with van der Waals surface area (Å²) in [7, 11) is 0. The first-order valence-corrected chi connectivity index (χ1v) is 7.43. The zero-order chi connectivity index (χ0) is 15.0. The third-order valence-corrected chi connectivity index (χ3v) is 4.09. The minimum Gasteiger partial charge on any atom is -0.308 e. The molecule has 0 aliphatic heterocycles. The van der Waals surface area contributed by atoms with E-state index in [9.17, 15) is 0 Å². The third kappa shape index (κ3) is 2.65. The Kier molecular flexibility index (Phi) is 3.66. The van der Waals surface area contributed by atoms with Crippen LogP contribution in [-0.4, -0.2) is 14.5 Å². The monoisotopic (exact) mass is 360 g/mol. The van der Waals surface area contributed by atoms with Gasteiger partial charge in [-0.2, -0.15) is 5.26 Å². The highest BCUT2D eigenvalue weighted by Crippen LogP contribution is 2.24. The average molecular weight is 362 g/mol. The molecule has 1 aromatic carbocycles. The highest BCUT2D eigenvalue weighted by molar-refractivity contribution is 9.10. The molecule has 4 nitrogen and oxygen atoms in total. The first kappa shape index (κ1) is 14.1. The van der Waals surface area contributed by atoms with Gasteiger partial charge in [0.05, 0.1) is 6.54 Å². The van der Waals surface area contributed by atoms with E-state index in [1.54, 1.807) is 6.07 Å². The Morgan fingerprint density at radius 3 is 2.81 bits per heavy atom. The standard InChI is InChI=1S/C15H10BrClN4/c1-9-19-14-5-4-12(7-18)20-15(14)21(9)8-10-2-3-11(16)6-13(10)17/h2-6H,8H2,1H3. The maximum atomic E-state index is 8.99. The van der Waals surface area contributed by atoms with Crippen molar-refractivity contribution in [3.8, 4) is 6.07 Å². The summed E-state index contributed by atoms with van der Waals surface area (Å²) in [6.07, 6.45) is 0. The van der Waals surface area contributed by atoms with Crippen LogP contribution in [0.5, 0.6) is 0 Å². The Labute approximate surface area is 135 Å². The molecule has 21 heavy (non-hydrogen) atoms. The lowest BCUT2D eigenvalue weighted by molar-refractivity contribution is 0.777. The second-order valence-electron chi connectivity index (χ2n) is 4.63. The van der Waals surface area contributed by atoms with Gasteiger partial charge in [0.1, 0.15) is 23.1 Å². The predicted octanol–water partition coefficient (Wildman–Crippen LogP) is 4.08. The molecule has 0 bridgehead atoms. The van der Waals surface area contributed by atoms with Gasteiger partial charge in [-0.15, -0.1) is 0 Å². The van der Waals surface area contributed by atoms with Crippen LogP contribution in [0.25, 0.3) is 11.2 Å². The normalized spacial score (nSPS) is 10.8. The molecule has 2 aromatic heterocycles. The molecule has 0 atom stereocenters. The molecule has 0 saturated heterocycles. The molecule has 0 spiro atoms. The molecular weight excluding hydrogens is 352 g/mol. The van der Waals surface area contributed by atoms with Gasteiger partial charge in [-0.25, -0.2) is 9.97 Å². The number of halogens is 2. The number of hydrogen-bond donors (Lipinski definition) is 0. The van der Waals surface area contributed by atoms with Crippen LogP contribution in [0.2, 0.25) is 5.02 Å². The number of aryl methyl sites for hydroxylation is 1. The molecule has 2 heterocycles. The topological polar surface area (TPSA) is 54.5 Å². The fraction of sp³-hybridized carbons (Fsp3) is 0.133. The van der Waals surface area contributed by atoms with E-state index in [1.807, 2.05) is 35.8 Å². The molecular formula is C15H10BrClN4. The smallest absolute Gasteiger partial charge is 0.161 e. The van der Waals surface area contributed by atoms with Gasteiger partial charge >= 0.3 is 0 Å². The van der Waals surface area contributed by atoms with Crippen LogP contribution in [0.3, 0.4) is 0 Å². The van der Waals surface area contributed by atoms with Crippen molar-refractivity contribution in [3.63, 3.8) is 0 Å². The van der Waals surface area contributed by atoms with Gasteiger partial charge in [0.15, 0.2) is 5.65 Å². The number of nitrogens with zero attached hydrogens (tertiary/aromatic N) is 4. The van der Waals surface area contributed by atoms with Crippen molar-refractivity contribution in [2.45, 2.75) is 13.5 Å². The van der Waals surface area contributed by atoms with E-state index in [-0.39, 0.29) is 0 Å². The van der Waals surface area contributed by atoms with Crippen molar-refractivity contribution in [3.05, 3.63) is 56.9 Å². The van der Waals surface area contributed by atoms with Crippen LogP contribution in [0.4, 0.5) is 0 Å². The molecule has 3 rings (SSSR count). The van der Waals surface area contributed by atoms with Crippen molar-refractivity contribution in [1.82, 2.24) is 14.5 Å². The Morgan fingerprint density at radius 1 is 1.29 bits per heavy atom. The lowest BCUT2D eigenvalue weighted by atomic mass is 10.2. The van der Waals surface area contributed by atoms with E-state index in [4.69, 9.17) is 16.9 Å². The second kappa shape index (κ2) is 5.47. The first-order valence-electron chi connectivity index (χ1n) is 6.26. The minimum absolute atomic E-state index is 0.380. The number of rotatable bonds is 2. The minimum atomic E-state index is 0.380. The molecule has 104 valence electrons. The first-order chi connectivity index (χ1) is 10.1. The third-order valence-electron chi connectivity index (χ3n) is 3.24. The summed E-state index contributed by atoms with van der Waals surface area (Å²) in [6, 6.07) is 11.3. The highest BCUT2D eigenvalue weighted by atomic mass is 79.9. The van der Waals surface area contributed by atoms with Crippen molar-refractivity contribution in [1.29, 1.82) is 5.26 Å². The Balaban J connectivity index is 2.11. The molecule has 0 N–H and O–H groups in total. The fourth-order valence-corrected chi connectivity index (χ4v) is 2.92. The summed E-state index contributed by atoms with van der Waals surface area (Å²) in [5, 5.41) is 9.67. The van der Waals surface area contributed by atoms with Gasteiger partial charge in [0.25, 0.3) is 0 Å². The number of benzene rings is 1. The van der Waals surface area contributed by atoms with Crippen LogP contribution in [0.1, 0.15) is 17.1 Å². The van der Waals surface area contributed by atoms with Crippen LogP contribution in [-0.2, 0) is 6.54 Å². The summed E-state index contributed by atoms with van der Waals surface area (Å²) in [5.74, 6) is 0.839. The number of aromatic nitrogens is 3. The molecule has 0 fully saturated rings. The van der Waals surface area contributed by atoms with Crippen molar-refractivity contribution in [2.24, 2.45) is 0 Å². The van der Waals surface area contributed by atoms with Crippen LogP contribution in [0.15, 0.2) is 34.8 Å². The maximum Gasteiger partial charge on any atom is 0.161 e. The molecule has 0 aliphatic rings. The predicted molar refractivity (Wildman–Crippen MR) is 85.2 cm³/mol. The van der Waals surface area contributed by atoms with Crippen molar-refractivity contribution < 1.29 is 0 Å². The number of hydrogen-bond acceptors (Lipinski definition) is 3. The lowest BCUT2D eigenvalue weighted by Crippen LogP contribution is -2.04. The van der Waals surface area contributed by atoms with Crippen molar-refractivity contribution in [2.75, 3.05) is 0 Å². The second-order valence-corrected chi connectivity index (χ2v) is 5.95. The molecule has 0 radical (unpaired) electrons. The highest BCUT2D eigenvalue weighted by Gasteiger charge is 2.11. The van der Waals surface area contributed by atoms with Crippen LogP contribution in [0, 0.1) is 18.3 Å². The van der Waals surface area contributed by atoms with Crippen LogP contribution >= 0.6 is 27.5 Å². The van der Waals surface area contributed by atoms with E-state index in [0.717, 1.165) is 21.4 Å². The zero-order valence-corrected chi connectivity index (χ0v) is 13.5. The van der Waals surface area contributed by atoms with Gasteiger partial charge in [0.2, 0.25) is 0 Å². The number of nitriles is 1. The molecule has 6 heteroatoms. The largest absolute Gasteiger partial charge is 0.308 e. The molecule has 0 saturated carbocycles. The molecule has 0 aliphatic carbocycles. The Morgan fingerprint density at radius 2 is 2.10 bits per heavy atom. The maximum absolute atomic E-state index is 8.99. The summed E-state index contributed by atoms with van der Waals surface area (Å²) in [5.41, 5.74) is 2.84. The Bertz CT molecular complexity index is 879. The number of imidazole rings is 1. The molecule has 0 amide bonds. The van der Waals surface area contributed by atoms with Gasteiger partial charge < -0.3 is 4.57 Å². The zero-order valence-electron chi connectivity index (χ0n) is 11.1. The lowest BCUT2D eigenvalue weighted by Gasteiger charge is -2.08. The van der Waals surface area contributed by atoms with Crippen molar-refractivity contribution >= 4 is 38.7 Å². The van der Waals surface area contributed by atoms with Gasteiger partial charge in [-0.3, -0.25) is 0 Å². The van der Waals surface area contributed by atoms with Gasteiger partial charge in [0, 0.05) is 9.50 Å². The molecule has 3 aromatic rings. The summed E-state index contributed by atoms with van der Waals surface area (Å²) in [6.45, 7) is 2.48.